The molecule has 0 radical (unpaired) electrons. The lowest BCUT2D eigenvalue weighted by molar-refractivity contribution is -0.121. The quantitative estimate of drug-likeness (QED) is 0.871. The summed E-state index contributed by atoms with van der Waals surface area (Å²) in [4.78, 5) is 26.8. The molecular weight excluding hydrogens is 355 g/mol. The molecule has 4 nitrogen and oxygen atoms in total. The average Bonchev–Trinajstić information content (AvgIpc) is 2.64. The van der Waals surface area contributed by atoms with Gasteiger partial charge in [-0.25, -0.2) is 4.39 Å². The highest BCUT2D eigenvalue weighted by Gasteiger charge is 2.30. The molecule has 2 amide bonds. The Bertz CT molecular complexity index is 840. The second-order valence-corrected chi connectivity index (χ2v) is 6.96. The number of hydrogen-bond acceptors (Lipinski definition) is 2. The molecule has 1 aliphatic heterocycles. The van der Waals surface area contributed by atoms with E-state index in [2.05, 4.69) is 5.32 Å². The number of benzene rings is 2. The summed E-state index contributed by atoms with van der Waals surface area (Å²) in [5.41, 5.74) is 1.63. The molecule has 2 aromatic rings. The van der Waals surface area contributed by atoms with E-state index in [0.717, 1.165) is 5.56 Å². The van der Waals surface area contributed by atoms with Crippen molar-refractivity contribution in [2.75, 3.05) is 18.4 Å². The third kappa shape index (κ3) is 4.05. The van der Waals surface area contributed by atoms with Gasteiger partial charge < -0.3 is 10.2 Å². The zero-order valence-electron chi connectivity index (χ0n) is 14.5. The first-order chi connectivity index (χ1) is 12.5. The first-order valence-corrected chi connectivity index (χ1v) is 8.94. The standard InChI is InChI=1S/C20H20ClFN2O2/c1-13-11-15(21)8-9-18(13)23-19(25)14-5-4-10-24(12-14)20(26)16-6-2-3-7-17(16)22/h2-3,6-9,11,14H,4-5,10,12H2,1H3,(H,23,25)/t14-/m1/s1. The van der Waals surface area contributed by atoms with Gasteiger partial charge in [0.25, 0.3) is 5.91 Å². The summed E-state index contributed by atoms with van der Waals surface area (Å²) in [6, 6.07) is 11.2. The fourth-order valence-electron chi connectivity index (χ4n) is 3.18. The minimum Gasteiger partial charge on any atom is -0.338 e. The Balaban J connectivity index is 1.69. The maximum absolute atomic E-state index is 13.9. The Kier molecular flexibility index (Phi) is 5.57. The van der Waals surface area contributed by atoms with Gasteiger partial charge in [0.05, 0.1) is 11.5 Å². The van der Waals surface area contributed by atoms with Gasteiger partial charge in [-0.2, -0.15) is 0 Å². The fourth-order valence-corrected chi connectivity index (χ4v) is 3.41. The van der Waals surface area contributed by atoms with Crippen molar-refractivity contribution in [2.45, 2.75) is 19.8 Å². The Morgan fingerprint density at radius 2 is 2.00 bits per heavy atom. The predicted octanol–water partition coefficient (Wildman–Crippen LogP) is 4.28. The second kappa shape index (κ2) is 7.87. The number of carbonyl (C=O) groups is 2. The summed E-state index contributed by atoms with van der Waals surface area (Å²) in [5, 5.41) is 3.52. The number of piperidine rings is 1. The first-order valence-electron chi connectivity index (χ1n) is 8.56. The molecule has 2 aromatic carbocycles. The normalized spacial score (nSPS) is 17.0. The number of halogens is 2. The number of rotatable bonds is 3. The van der Waals surface area contributed by atoms with Gasteiger partial charge in [0.15, 0.2) is 0 Å². The van der Waals surface area contributed by atoms with Crippen molar-refractivity contribution in [3.8, 4) is 0 Å². The summed E-state index contributed by atoms with van der Waals surface area (Å²) in [6.07, 6.45) is 1.40. The van der Waals surface area contributed by atoms with Crippen LogP contribution in [0.25, 0.3) is 0 Å². The molecule has 0 unspecified atom stereocenters. The molecule has 6 heteroatoms. The SMILES string of the molecule is Cc1cc(Cl)ccc1NC(=O)[C@@H]1CCCN(C(=O)c2ccccc2F)C1. The van der Waals surface area contributed by atoms with Crippen LogP contribution in [0, 0.1) is 18.7 Å². The molecule has 136 valence electrons. The molecule has 26 heavy (non-hydrogen) atoms. The van der Waals surface area contributed by atoms with Gasteiger partial charge in [0.2, 0.25) is 5.91 Å². The Morgan fingerprint density at radius 1 is 1.23 bits per heavy atom. The van der Waals surface area contributed by atoms with Crippen LogP contribution in [0.3, 0.4) is 0 Å². The zero-order valence-corrected chi connectivity index (χ0v) is 15.2. The largest absolute Gasteiger partial charge is 0.338 e. The summed E-state index contributed by atoms with van der Waals surface area (Å²) < 4.78 is 13.9. The molecule has 3 rings (SSSR count). The highest BCUT2D eigenvalue weighted by atomic mass is 35.5. The third-order valence-electron chi connectivity index (χ3n) is 4.63. The van der Waals surface area contributed by atoms with Crippen molar-refractivity contribution in [1.29, 1.82) is 0 Å². The van der Waals surface area contributed by atoms with Crippen molar-refractivity contribution in [1.82, 2.24) is 4.90 Å². The van der Waals surface area contributed by atoms with E-state index in [4.69, 9.17) is 11.6 Å². The number of amides is 2. The van der Waals surface area contributed by atoms with E-state index >= 15 is 0 Å². The van der Waals surface area contributed by atoms with Crippen LogP contribution in [0.2, 0.25) is 5.02 Å². The van der Waals surface area contributed by atoms with Gasteiger partial charge in [-0.3, -0.25) is 9.59 Å². The molecule has 0 bridgehead atoms. The second-order valence-electron chi connectivity index (χ2n) is 6.52. The van der Waals surface area contributed by atoms with Gasteiger partial charge >= 0.3 is 0 Å². The highest BCUT2D eigenvalue weighted by molar-refractivity contribution is 6.30. The average molecular weight is 375 g/mol. The first kappa shape index (κ1) is 18.4. The van der Waals surface area contributed by atoms with Crippen molar-refractivity contribution in [3.63, 3.8) is 0 Å². The van der Waals surface area contributed by atoms with Crippen LogP contribution in [-0.4, -0.2) is 29.8 Å². The number of likely N-dealkylation sites (tertiary alicyclic amines) is 1. The van der Waals surface area contributed by atoms with Crippen LogP contribution in [0.15, 0.2) is 42.5 Å². The lowest BCUT2D eigenvalue weighted by Crippen LogP contribution is -2.44. The van der Waals surface area contributed by atoms with E-state index < -0.39 is 5.82 Å². The van der Waals surface area contributed by atoms with Crippen LogP contribution in [0.4, 0.5) is 10.1 Å². The van der Waals surface area contributed by atoms with E-state index in [1.165, 1.54) is 12.1 Å². The van der Waals surface area contributed by atoms with E-state index in [9.17, 15) is 14.0 Å². The lowest BCUT2D eigenvalue weighted by atomic mass is 9.96. The predicted molar refractivity (Wildman–Crippen MR) is 99.8 cm³/mol. The summed E-state index contributed by atoms with van der Waals surface area (Å²) in [6.45, 7) is 2.68. The van der Waals surface area contributed by atoms with Gasteiger partial charge in [-0.05, 0) is 55.7 Å². The molecule has 1 saturated heterocycles. The lowest BCUT2D eigenvalue weighted by Gasteiger charge is -2.32. The van der Waals surface area contributed by atoms with Crippen LogP contribution < -0.4 is 5.32 Å². The molecule has 0 saturated carbocycles. The maximum Gasteiger partial charge on any atom is 0.256 e. The van der Waals surface area contributed by atoms with Gasteiger partial charge in [0, 0.05) is 23.8 Å². The molecule has 0 spiro atoms. The van der Waals surface area contributed by atoms with Crippen molar-refractivity contribution in [3.05, 3.63) is 64.4 Å². The van der Waals surface area contributed by atoms with Gasteiger partial charge in [-0.15, -0.1) is 0 Å². The minimum atomic E-state index is -0.541. The zero-order chi connectivity index (χ0) is 18.7. The smallest absolute Gasteiger partial charge is 0.256 e. The van der Waals surface area contributed by atoms with Crippen LogP contribution >= 0.6 is 11.6 Å². The fraction of sp³-hybridized carbons (Fsp3) is 0.300. The molecule has 0 aromatic heterocycles. The third-order valence-corrected chi connectivity index (χ3v) is 4.87. The molecule has 1 heterocycles. The van der Waals surface area contributed by atoms with E-state index in [1.807, 2.05) is 6.92 Å². The Labute approximate surface area is 157 Å². The topological polar surface area (TPSA) is 49.4 Å². The summed E-state index contributed by atoms with van der Waals surface area (Å²) in [5.74, 6) is -1.37. The van der Waals surface area contributed by atoms with Crippen molar-refractivity contribution >= 4 is 29.1 Å². The number of nitrogens with one attached hydrogen (secondary N) is 1. The number of carbonyl (C=O) groups excluding carboxylic acids is 2. The number of anilines is 1. The summed E-state index contributed by atoms with van der Waals surface area (Å²) >= 11 is 5.94. The number of nitrogens with zero attached hydrogens (tertiary/aromatic N) is 1. The molecule has 0 aliphatic carbocycles. The minimum absolute atomic E-state index is 0.0436. The van der Waals surface area contributed by atoms with Crippen LogP contribution in [-0.2, 0) is 4.79 Å². The molecular formula is C20H20ClFN2O2. The van der Waals surface area contributed by atoms with Gasteiger partial charge in [-0.1, -0.05) is 23.7 Å². The van der Waals surface area contributed by atoms with Crippen LogP contribution in [0.5, 0.6) is 0 Å². The Hall–Kier alpha value is -2.40. The molecule has 1 aliphatic rings. The number of hydrogen-bond donors (Lipinski definition) is 1. The number of aryl methyl sites for hydroxylation is 1. The maximum atomic E-state index is 13.9. The van der Waals surface area contributed by atoms with Crippen molar-refractivity contribution in [2.24, 2.45) is 5.92 Å². The van der Waals surface area contributed by atoms with Gasteiger partial charge in [0.1, 0.15) is 5.82 Å². The van der Waals surface area contributed by atoms with E-state index in [0.29, 0.717) is 30.1 Å². The Morgan fingerprint density at radius 3 is 2.73 bits per heavy atom. The van der Waals surface area contributed by atoms with E-state index in [1.54, 1.807) is 35.2 Å². The highest BCUT2D eigenvalue weighted by Crippen LogP contribution is 2.24. The van der Waals surface area contributed by atoms with E-state index in [-0.39, 0.29) is 29.8 Å². The monoisotopic (exact) mass is 374 g/mol. The van der Waals surface area contributed by atoms with Crippen LogP contribution in [0.1, 0.15) is 28.8 Å². The summed E-state index contributed by atoms with van der Waals surface area (Å²) in [7, 11) is 0. The molecule has 1 fully saturated rings. The molecule has 1 atom stereocenters. The van der Waals surface area contributed by atoms with Crippen molar-refractivity contribution < 1.29 is 14.0 Å². The molecule has 1 N–H and O–H groups in total.